The third kappa shape index (κ3) is 2.33. The van der Waals surface area contributed by atoms with Gasteiger partial charge < -0.3 is 10.6 Å². The van der Waals surface area contributed by atoms with Crippen LogP contribution < -0.4 is 5.73 Å². The maximum Gasteiger partial charge on any atom is 0.224 e. The number of hydrogen-bond donors (Lipinski definition) is 1. The molecule has 1 saturated heterocycles. The Balaban J connectivity index is 1.78. The van der Waals surface area contributed by atoms with Gasteiger partial charge in [0, 0.05) is 31.7 Å². The van der Waals surface area contributed by atoms with E-state index in [0.29, 0.717) is 18.9 Å². The van der Waals surface area contributed by atoms with E-state index in [-0.39, 0.29) is 5.91 Å². The highest BCUT2D eigenvalue weighted by atomic mass is 16.2. The molecule has 0 radical (unpaired) electrons. The predicted octanol–water partition coefficient (Wildman–Crippen LogP) is 1.33. The molecule has 0 atom stereocenters. The first-order valence-corrected chi connectivity index (χ1v) is 7.02. The molecule has 1 amide bonds. The van der Waals surface area contributed by atoms with Gasteiger partial charge in [-0.05, 0) is 31.9 Å². The lowest BCUT2D eigenvalue weighted by atomic mass is 10.3. The van der Waals surface area contributed by atoms with Crippen LogP contribution in [-0.4, -0.2) is 38.4 Å². The van der Waals surface area contributed by atoms with Crippen molar-refractivity contribution >= 4 is 23.0 Å². The van der Waals surface area contributed by atoms with E-state index in [2.05, 4.69) is 9.97 Å². The molecule has 1 aliphatic rings. The molecule has 3 rings (SSSR count). The maximum absolute atomic E-state index is 12.1. The van der Waals surface area contributed by atoms with Crippen LogP contribution in [-0.2, 0) is 11.3 Å². The number of nitrogens with zero attached hydrogens (tertiary/aromatic N) is 4. The number of nitrogen functional groups attached to an aromatic ring is 1. The summed E-state index contributed by atoms with van der Waals surface area (Å²) in [7, 11) is 0. The Hall–Kier alpha value is -2.11. The smallest absolute Gasteiger partial charge is 0.224 e. The van der Waals surface area contributed by atoms with Gasteiger partial charge in [0.2, 0.25) is 11.9 Å². The molecule has 6 nitrogen and oxygen atoms in total. The fourth-order valence-corrected chi connectivity index (χ4v) is 2.67. The number of likely N-dealkylation sites (tertiary alicyclic amines) is 1. The summed E-state index contributed by atoms with van der Waals surface area (Å²) < 4.78 is 1.83. The van der Waals surface area contributed by atoms with Gasteiger partial charge in [-0.3, -0.25) is 9.36 Å². The number of amides is 1. The highest BCUT2D eigenvalue weighted by molar-refractivity contribution is 5.77. The molecule has 0 bridgehead atoms. The number of carbonyl (C=O) groups excluding carboxylic acids is 1. The summed E-state index contributed by atoms with van der Waals surface area (Å²) in [6.07, 6.45) is 2.68. The van der Waals surface area contributed by atoms with Crippen molar-refractivity contribution in [1.29, 1.82) is 0 Å². The minimum atomic E-state index is 0.191. The van der Waals surface area contributed by atoms with Crippen molar-refractivity contribution in [3.05, 3.63) is 17.8 Å². The third-order valence-electron chi connectivity index (χ3n) is 3.77. The molecular weight excluding hydrogens is 254 g/mol. The largest absolute Gasteiger partial charge is 0.369 e. The van der Waals surface area contributed by atoms with Crippen LogP contribution in [0.4, 0.5) is 5.95 Å². The third-order valence-corrected chi connectivity index (χ3v) is 3.77. The Bertz CT molecular complexity index is 642. The number of anilines is 1. The molecule has 0 unspecified atom stereocenters. The molecule has 20 heavy (non-hydrogen) atoms. The average molecular weight is 273 g/mol. The fraction of sp³-hybridized carbons (Fsp3) is 0.500. The zero-order valence-electron chi connectivity index (χ0n) is 11.7. The molecule has 106 valence electrons. The zero-order valence-corrected chi connectivity index (χ0v) is 11.7. The Kier molecular flexibility index (Phi) is 3.30. The van der Waals surface area contributed by atoms with Crippen molar-refractivity contribution in [3.63, 3.8) is 0 Å². The Morgan fingerprint density at radius 2 is 2.05 bits per heavy atom. The molecule has 1 fully saturated rings. The van der Waals surface area contributed by atoms with Crippen LogP contribution in [0.15, 0.2) is 12.1 Å². The van der Waals surface area contributed by atoms with Crippen molar-refractivity contribution in [3.8, 4) is 0 Å². The van der Waals surface area contributed by atoms with E-state index < -0.39 is 0 Å². The minimum Gasteiger partial charge on any atom is -0.369 e. The number of fused-ring (bicyclic) bond motifs is 1. The maximum atomic E-state index is 12.1. The summed E-state index contributed by atoms with van der Waals surface area (Å²) in [6.45, 7) is 4.24. The van der Waals surface area contributed by atoms with Crippen LogP contribution in [0.3, 0.4) is 0 Å². The molecular formula is C14H19N5O. The minimum absolute atomic E-state index is 0.191. The lowest BCUT2D eigenvalue weighted by Crippen LogP contribution is -2.28. The van der Waals surface area contributed by atoms with Gasteiger partial charge in [0.25, 0.3) is 0 Å². The van der Waals surface area contributed by atoms with Gasteiger partial charge in [-0.1, -0.05) is 0 Å². The fourth-order valence-electron chi connectivity index (χ4n) is 2.67. The summed E-state index contributed by atoms with van der Waals surface area (Å²) >= 11 is 0. The topological polar surface area (TPSA) is 77.0 Å². The molecule has 2 aromatic rings. The predicted molar refractivity (Wildman–Crippen MR) is 77.1 cm³/mol. The molecule has 1 aliphatic heterocycles. The van der Waals surface area contributed by atoms with Gasteiger partial charge in [-0.2, -0.15) is 0 Å². The van der Waals surface area contributed by atoms with Gasteiger partial charge in [0.15, 0.2) is 5.65 Å². The first kappa shape index (κ1) is 12.9. The van der Waals surface area contributed by atoms with E-state index in [1.807, 2.05) is 28.5 Å². The van der Waals surface area contributed by atoms with Gasteiger partial charge in [0.1, 0.15) is 5.52 Å². The number of imidazole rings is 1. The SMILES string of the molecule is Cc1ccc2nc(N)n(CCC(=O)N3CCCC3)c2n1. The van der Waals surface area contributed by atoms with Crippen molar-refractivity contribution in [2.45, 2.75) is 32.7 Å². The molecule has 6 heteroatoms. The van der Waals surface area contributed by atoms with Crippen molar-refractivity contribution in [2.24, 2.45) is 0 Å². The van der Waals surface area contributed by atoms with E-state index >= 15 is 0 Å². The van der Waals surface area contributed by atoms with Gasteiger partial charge in [-0.25, -0.2) is 9.97 Å². The van der Waals surface area contributed by atoms with E-state index in [9.17, 15) is 4.79 Å². The van der Waals surface area contributed by atoms with Crippen LogP contribution in [0, 0.1) is 6.92 Å². The summed E-state index contributed by atoms with van der Waals surface area (Å²) in [5.41, 5.74) is 8.39. The second-order valence-corrected chi connectivity index (χ2v) is 5.25. The average Bonchev–Trinajstić information content (AvgIpc) is 3.04. The van der Waals surface area contributed by atoms with Crippen LogP contribution in [0.1, 0.15) is 25.0 Å². The van der Waals surface area contributed by atoms with Crippen molar-refractivity contribution in [1.82, 2.24) is 19.4 Å². The quantitative estimate of drug-likeness (QED) is 0.915. The number of hydrogen-bond acceptors (Lipinski definition) is 4. The Labute approximate surface area is 117 Å². The van der Waals surface area contributed by atoms with Gasteiger partial charge in [-0.15, -0.1) is 0 Å². The van der Waals surface area contributed by atoms with E-state index in [0.717, 1.165) is 42.8 Å². The van der Waals surface area contributed by atoms with Crippen molar-refractivity contribution in [2.75, 3.05) is 18.8 Å². The molecule has 0 aromatic carbocycles. The van der Waals surface area contributed by atoms with Gasteiger partial charge in [0.05, 0.1) is 0 Å². The summed E-state index contributed by atoms with van der Waals surface area (Å²) in [4.78, 5) is 22.8. The molecule has 0 saturated carbocycles. The van der Waals surface area contributed by atoms with Crippen LogP contribution in [0.5, 0.6) is 0 Å². The van der Waals surface area contributed by atoms with Crippen LogP contribution in [0.25, 0.3) is 11.2 Å². The van der Waals surface area contributed by atoms with Crippen LogP contribution >= 0.6 is 0 Å². The standard InChI is InChI=1S/C14H19N5O/c1-10-4-5-11-13(16-10)19(14(15)17-11)9-6-12(20)18-7-2-3-8-18/h4-5H,2-3,6-9H2,1H3,(H2,15,17). The lowest BCUT2D eigenvalue weighted by molar-refractivity contribution is -0.130. The molecule has 0 spiro atoms. The molecule has 2 aromatic heterocycles. The summed E-state index contributed by atoms with van der Waals surface area (Å²) in [5, 5.41) is 0. The van der Waals surface area contributed by atoms with Gasteiger partial charge >= 0.3 is 0 Å². The number of aryl methyl sites for hydroxylation is 2. The Morgan fingerprint density at radius 1 is 1.30 bits per heavy atom. The first-order chi connectivity index (χ1) is 9.65. The Morgan fingerprint density at radius 3 is 2.80 bits per heavy atom. The number of pyridine rings is 1. The lowest BCUT2D eigenvalue weighted by Gasteiger charge is -2.15. The van der Waals surface area contributed by atoms with E-state index in [4.69, 9.17) is 5.73 Å². The second-order valence-electron chi connectivity index (χ2n) is 5.25. The highest BCUT2D eigenvalue weighted by Gasteiger charge is 2.18. The first-order valence-electron chi connectivity index (χ1n) is 7.02. The van der Waals surface area contributed by atoms with Crippen molar-refractivity contribution < 1.29 is 4.79 Å². The molecule has 2 N–H and O–H groups in total. The van der Waals surface area contributed by atoms with Crippen LogP contribution in [0.2, 0.25) is 0 Å². The van der Waals surface area contributed by atoms with E-state index in [1.54, 1.807) is 0 Å². The highest BCUT2D eigenvalue weighted by Crippen LogP contribution is 2.17. The summed E-state index contributed by atoms with van der Waals surface area (Å²) in [6, 6.07) is 3.82. The zero-order chi connectivity index (χ0) is 14.1. The second kappa shape index (κ2) is 5.11. The number of aromatic nitrogens is 3. The normalized spacial score (nSPS) is 15.2. The number of nitrogens with two attached hydrogens (primary N) is 1. The molecule has 3 heterocycles. The number of rotatable bonds is 3. The molecule has 0 aliphatic carbocycles. The monoisotopic (exact) mass is 273 g/mol. The number of carbonyl (C=O) groups is 1. The summed E-state index contributed by atoms with van der Waals surface area (Å²) in [5.74, 6) is 0.615. The van der Waals surface area contributed by atoms with E-state index in [1.165, 1.54) is 0 Å².